The van der Waals surface area contributed by atoms with Crippen molar-refractivity contribution in [3.8, 4) is 17.2 Å². The second-order valence-electron chi connectivity index (χ2n) is 9.95. The zero-order valence-electron chi connectivity index (χ0n) is 23.3. The van der Waals surface area contributed by atoms with Gasteiger partial charge in [0.25, 0.3) is 11.7 Å². The van der Waals surface area contributed by atoms with E-state index in [-0.39, 0.29) is 17.4 Å². The van der Waals surface area contributed by atoms with Crippen molar-refractivity contribution in [2.45, 2.75) is 52.2 Å². The third-order valence-electron chi connectivity index (χ3n) is 6.34. The van der Waals surface area contributed by atoms with Gasteiger partial charge in [-0.05, 0) is 76.3 Å². The van der Waals surface area contributed by atoms with Crippen LogP contribution < -0.4 is 14.2 Å². The molecule has 1 N–H and O–H groups in total. The number of hydrogen-bond donors (Lipinski definition) is 1. The number of likely N-dealkylation sites (N-methyl/N-ethyl adjacent to an activating group) is 1. The van der Waals surface area contributed by atoms with Crippen molar-refractivity contribution >= 4 is 17.4 Å². The van der Waals surface area contributed by atoms with Gasteiger partial charge in [0.1, 0.15) is 11.5 Å². The van der Waals surface area contributed by atoms with E-state index in [4.69, 9.17) is 14.2 Å². The summed E-state index contributed by atoms with van der Waals surface area (Å²) in [5.74, 6) is 0.171. The van der Waals surface area contributed by atoms with Crippen LogP contribution in [0.15, 0.2) is 48.0 Å². The molecule has 1 aliphatic rings. The molecule has 3 rings (SSSR count). The first-order valence-electron chi connectivity index (χ1n) is 13.2. The number of ether oxygens (including phenoxy) is 3. The van der Waals surface area contributed by atoms with Gasteiger partial charge in [0, 0.05) is 18.7 Å². The summed E-state index contributed by atoms with van der Waals surface area (Å²) in [4.78, 5) is 29.9. The second kappa shape index (κ2) is 13.3. The number of methoxy groups -OCH3 is 1. The van der Waals surface area contributed by atoms with Crippen LogP contribution >= 0.6 is 0 Å². The first kappa shape index (κ1) is 29.0. The van der Waals surface area contributed by atoms with E-state index in [0.29, 0.717) is 48.1 Å². The highest BCUT2D eigenvalue weighted by molar-refractivity contribution is 6.46. The van der Waals surface area contributed by atoms with E-state index in [1.807, 2.05) is 38.9 Å². The standard InChI is InChI=1S/C30H40N2O6/c1-7-8-9-18-37-24-15-12-22(19-25(24)36-6)27-26(29(34)30(35)32(27)17-16-31(4)5)28(33)21-10-13-23(14-11-21)38-20(2)3/h10-15,19-20,27,33H,7-9,16-18H2,1-6H3. The van der Waals surface area contributed by atoms with Gasteiger partial charge in [-0.2, -0.15) is 0 Å². The molecule has 0 aliphatic carbocycles. The molecule has 1 heterocycles. The molecular weight excluding hydrogens is 484 g/mol. The first-order valence-corrected chi connectivity index (χ1v) is 13.2. The number of nitrogens with zero attached hydrogens (tertiary/aromatic N) is 2. The van der Waals surface area contributed by atoms with Gasteiger partial charge in [-0.1, -0.05) is 25.8 Å². The van der Waals surface area contributed by atoms with E-state index >= 15 is 0 Å². The van der Waals surface area contributed by atoms with Crippen LogP contribution in [0.25, 0.3) is 5.76 Å². The highest BCUT2D eigenvalue weighted by Gasteiger charge is 2.46. The predicted octanol–water partition coefficient (Wildman–Crippen LogP) is 5.03. The van der Waals surface area contributed by atoms with Crippen molar-refractivity contribution in [1.29, 1.82) is 0 Å². The topological polar surface area (TPSA) is 88.5 Å². The molecule has 1 amide bonds. The molecule has 1 unspecified atom stereocenters. The number of rotatable bonds is 13. The van der Waals surface area contributed by atoms with E-state index in [1.165, 1.54) is 4.90 Å². The molecule has 2 aromatic carbocycles. The highest BCUT2D eigenvalue weighted by atomic mass is 16.5. The molecule has 1 fully saturated rings. The van der Waals surface area contributed by atoms with Gasteiger partial charge in [-0.15, -0.1) is 0 Å². The number of ketones is 1. The molecule has 0 spiro atoms. The molecule has 0 bridgehead atoms. The second-order valence-corrected chi connectivity index (χ2v) is 9.95. The summed E-state index contributed by atoms with van der Waals surface area (Å²) in [6.07, 6.45) is 3.11. The van der Waals surface area contributed by atoms with Crippen LogP contribution in [-0.4, -0.2) is 73.6 Å². The fourth-order valence-corrected chi connectivity index (χ4v) is 4.39. The van der Waals surface area contributed by atoms with Gasteiger partial charge in [0.2, 0.25) is 0 Å². The minimum Gasteiger partial charge on any atom is -0.507 e. The Hall–Kier alpha value is -3.52. The summed E-state index contributed by atoms with van der Waals surface area (Å²) in [6, 6.07) is 11.5. The third kappa shape index (κ3) is 6.86. The van der Waals surface area contributed by atoms with Gasteiger partial charge < -0.3 is 29.1 Å². The maximum Gasteiger partial charge on any atom is 0.295 e. The van der Waals surface area contributed by atoms with Gasteiger partial charge in [0.15, 0.2) is 11.5 Å². The van der Waals surface area contributed by atoms with Gasteiger partial charge >= 0.3 is 0 Å². The van der Waals surface area contributed by atoms with Crippen LogP contribution in [0.3, 0.4) is 0 Å². The van der Waals surface area contributed by atoms with E-state index in [1.54, 1.807) is 43.5 Å². The Labute approximate surface area is 225 Å². The molecule has 1 aliphatic heterocycles. The molecule has 0 aromatic heterocycles. The minimum atomic E-state index is -0.774. The molecule has 1 saturated heterocycles. The summed E-state index contributed by atoms with van der Waals surface area (Å²) < 4.78 is 17.2. The number of benzene rings is 2. The normalized spacial score (nSPS) is 16.9. The Bertz CT molecular complexity index is 1140. The number of unbranched alkanes of at least 4 members (excludes halogenated alkanes) is 2. The van der Waals surface area contributed by atoms with Crippen molar-refractivity contribution in [2.75, 3.05) is 40.9 Å². The van der Waals surface area contributed by atoms with Crippen molar-refractivity contribution in [3.05, 3.63) is 59.2 Å². The Morgan fingerprint density at radius 3 is 2.37 bits per heavy atom. The molecule has 0 saturated carbocycles. The number of likely N-dealkylation sites (tertiary alicyclic amines) is 1. The van der Waals surface area contributed by atoms with Crippen molar-refractivity contribution in [3.63, 3.8) is 0 Å². The van der Waals surface area contributed by atoms with Gasteiger partial charge in [-0.3, -0.25) is 9.59 Å². The van der Waals surface area contributed by atoms with Crippen LogP contribution in [0.1, 0.15) is 57.2 Å². The summed E-state index contributed by atoms with van der Waals surface area (Å²) in [6.45, 7) is 7.44. The van der Waals surface area contributed by atoms with Crippen LogP contribution in [-0.2, 0) is 9.59 Å². The molecule has 8 nitrogen and oxygen atoms in total. The number of Topliss-reactive ketones (excluding diaryl/α,β-unsaturated/α-hetero) is 1. The van der Waals surface area contributed by atoms with Gasteiger partial charge in [-0.25, -0.2) is 0 Å². The van der Waals surface area contributed by atoms with Crippen LogP contribution in [0.4, 0.5) is 0 Å². The summed E-state index contributed by atoms with van der Waals surface area (Å²) >= 11 is 0. The summed E-state index contributed by atoms with van der Waals surface area (Å²) in [7, 11) is 5.36. The third-order valence-corrected chi connectivity index (χ3v) is 6.34. The number of aliphatic hydroxyl groups excluding tert-OH is 1. The minimum absolute atomic E-state index is 0.00467. The van der Waals surface area contributed by atoms with Gasteiger partial charge in [0.05, 0.1) is 31.4 Å². The molecule has 206 valence electrons. The lowest BCUT2D eigenvalue weighted by molar-refractivity contribution is -0.140. The molecule has 2 aromatic rings. The zero-order chi connectivity index (χ0) is 27.8. The van der Waals surface area contributed by atoms with Crippen molar-refractivity contribution < 1.29 is 28.9 Å². The molecule has 1 atom stereocenters. The lowest BCUT2D eigenvalue weighted by Crippen LogP contribution is -2.35. The number of aliphatic hydroxyl groups is 1. The summed E-state index contributed by atoms with van der Waals surface area (Å²) in [5, 5.41) is 11.3. The first-order chi connectivity index (χ1) is 18.2. The fourth-order valence-electron chi connectivity index (χ4n) is 4.39. The van der Waals surface area contributed by atoms with E-state index in [0.717, 1.165) is 19.3 Å². The fraction of sp³-hybridized carbons (Fsp3) is 0.467. The Morgan fingerprint density at radius 1 is 1.05 bits per heavy atom. The molecule has 8 heteroatoms. The van der Waals surface area contributed by atoms with Crippen LogP contribution in [0, 0.1) is 0 Å². The van der Waals surface area contributed by atoms with Crippen molar-refractivity contribution in [2.24, 2.45) is 0 Å². The van der Waals surface area contributed by atoms with E-state index in [9.17, 15) is 14.7 Å². The van der Waals surface area contributed by atoms with Crippen LogP contribution in [0.2, 0.25) is 0 Å². The number of carbonyl (C=O) groups excluding carboxylic acids is 2. The number of hydrogen-bond acceptors (Lipinski definition) is 7. The highest BCUT2D eigenvalue weighted by Crippen LogP contribution is 2.42. The Balaban J connectivity index is 2.05. The summed E-state index contributed by atoms with van der Waals surface area (Å²) in [5.41, 5.74) is 1.13. The van der Waals surface area contributed by atoms with Crippen molar-refractivity contribution in [1.82, 2.24) is 9.80 Å². The smallest absolute Gasteiger partial charge is 0.295 e. The molecule has 0 radical (unpaired) electrons. The lowest BCUT2D eigenvalue weighted by atomic mass is 9.95. The van der Waals surface area contributed by atoms with E-state index < -0.39 is 17.7 Å². The zero-order valence-corrected chi connectivity index (χ0v) is 23.3. The lowest BCUT2D eigenvalue weighted by Gasteiger charge is -2.27. The maximum absolute atomic E-state index is 13.3. The largest absolute Gasteiger partial charge is 0.507 e. The Morgan fingerprint density at radius 2 is 1.76 bits per heavy atom. The van der Waals surface area contributed by atoms with E-state index in [2.05, 4.69) is 6.92 Å². The monoisotopic (exact) mass is 524 g/mol. The van der Waals surface area contributed by atoms with Crippen LogP contribution in [0.5, 0.6) is 17.2 Å². The average Bonchev–Trinajstić information content (AvgIpc) is 3.14. The Kier molecular flexibility index (Phi) is 10.2. The number of carbonyl (C=O) groups is 2. The SMILES string of the molecule is CCCCCOc1ccc(C2C(=C(O)c3ccc(OC(C)C)cc3)C(=O)C(=O)N2CCN(C)C)cc1OC. The quantitative estimate of drug-likeness (QED) is 0.170. The maximum atomic E-state index is 13.3. The average molecular weight is 525 g/mol. The number of amides is 1. The molecule has 38 heavy (non-hydrogen) atoms. The molecular formula is C30H40N2O6. The predicted molar refractivity (Wildman–Crippen MR) is 148 cm³/mol.